The number of nitrogens with zero attached hydrogens (tertiary/aromatic N) is 2. The maximum atomic E-state index is 13.0. The topological polar surface area (TPSA) is 61.9 Å². The Morgan fingerprint density at radius 1 is 1.03 bits per heavy atom. The molecule has 1 saturated heterocycles. The molecule has 1 aromatic rings. The second-order valence-electron chi connectivity index (χ2n) is 10.9. The highest BCUT2D eigenvalue weighted by molar-refractivity contribution is 6.01. The summed E-state index contributed by atoms with van der Waals surface area (Å²) >= 11 is 0. The van der Waals surface area contributed by atoms with E-state index in [9.17, 15) is 9.59 Å². The van der Waals surface area contributed by atoms with Crippen molar-refractivity contribution in [3.05, 3.63) is 41.6 Å². The van der Waals surface area contributed by atoms with Gasteiger partial charge >= 0.3 is 0 Å². The molecule has 0 aromatic heterocycles. The molecular formula is C27H35N3O3. The van der Waals surface area contributed by atoms with Crippen LogP contribution in [-0.4, -0.2) is 52.9 Å². The molecule has 0 spiro atoms. The third-order valence-electron chi connectivity index (χ3n) is 8.16. The van der Waals surface area contributed by atoms with Crippen LogP contribution >= 0.6 is 0 Å². The van der Waals surface area contributed by atoms with Crippen LogP contribution in [0.5, 0.6) is 5.75 Å². The Bertz CT molecular complexity index is 953. The minimum atomic E-state index is -0.419. The zero-order valence-corrected chi connectivity index (χ0v) is 19.4. The molecule has 1 aromatic carbocycles. The SMILES string of the molecule is C=C1CCC(N2Cc3cc(O[C@@H]4CCC[C@H]4N(CC4CC4)CC4CC4)ccc3C2=O)C(=O)N1. The minimum Gasteiger partial charge on any atom is -0.489 e. The van der Waals surface area contributed by atoms with E-state index >= 15 is 0 Å². The smallest absolute Gasteiger partial charge is 0.255 e. The van der Waals surface area contributed by atoms with Crippen molar-refractivity contribution in [2.24, 2.45) is 11.8 Å². The van der Waals surface area contributed by atoms with Gasteiger partial charge in [0.1, 0.15) is 17.9 Å². The van der Waals surface area contributed by atoms with Gasteiger partial charge in [0.15, 0.2) is 0 Å². The molecule has 2 heterocycles. The number of hydrogen-bond acceptors (Lipinski definition) is 4. The first-order valence-corrected chi connectivity index (χ1v) is 12.9. The number of carbonyl (C=O) groups is 2. The third kappa shape index (κ3) is 4.42. The third-order valence-corrected chi connectivity index (χ3v) is 8.16. The first-order chi connectivity index (χ1) is 16.0. The number of benzene rings is 1. The van der Waals surface area contributed by atoms with E-state index in [-0.39, 0.29) is 17.9 Å². The van der Waals surface area contributed by atoms with Crippen LogP contribution in [0, 0.1) is 11.8 Å². The van der Waals surface area contributed by atoms with E-state index in [1.165, 1.54) is 51.6 Å². The van der Waals surface area contributed by atoms with Crippen molar-refractivity contribution in [3.8, 4) is 5.75 Å². The molecule has 176 valence electrons. The molecular weight excluding hydrogens is 414 g/mol. The van der Waals surface area contributed by atoms with Crippen molar-refractivity contribution in [1.82, 2.24) is 15.1 Å². The zero-order valence-electron chi connectivity index (χ0n) is 19.4. The van der Waals surface area contributed by atoms with Crippen LogP contribution in [0.15, 0.2) is 30.5 Å². The van der Waals surface area contributed by atoms with Gasteiger partial charge in [0, 0.05) is 36.9 Å². The van der Waals surface area contributed by atoms with Gasteiger partial charge in [-0.15, -0.1) is 0 Å². The van der Waals surface area contributed by atoms with Gasteiger partial charge in [0.2, 0.25) is 5.91 Å². The Labute approximate surface area is 196 Å². The summed E-state index contributed by atoms with van der Waals surface area (Å²) in [6.45, 7) is 6.80. The highest BCUT2D eigenvalue weighted by atomic mass is 16.5. The van der Waals surface area contributed by atoms with Gasteiger partial charge in [-0.05, 0) is 93.4 Å². The number of hydrogen-bond donors (Lipinski definition) is 1. The van der Waals surface area contributed by atoms with Crippen molar-refractivity contribution in [1.29, 1.82) is 0 Å². The van der Waals surface area contributed by atoms with Crippen LogP contribution in [0.4, 0.5) is 0 Å². The molecule has 4 fully saturated rings. The second kappa shape index (κ2) is 8.46. The standard InChI is InChI=1S/C27H35N3O3/c1-17-5-12-24(26(31)28-17)30-16-20-13-21(10-11-22(20)27(30)32)33-25-4-2-3-23(25)29(14-18-6-7-18)15-19-8-9-19/h10-11,13,18-19,23-25H,1-9,12,14-16H2,(H,28,31)/t23-,24?,25-/m1/s1. The molecule has 6 nitrogen and oxygen atoms in total. The van der Waals surface area contributed by atoms with Crippen LogP contribution in [0.2, 0.25) is 0 Å². The summed E-state index contributed by atoms with van der Waals surface area (Å²) in [5, 5.41) is 2.81. The Hall–Kier alpha value is -2.34. The van der Waals surface area contributed by atoms with Crippen molar-refractivity contribution in [3.63, 3.8) is 0 Å². The van der Waals surface area contributed by atoms with Crippen molar-refractivity contribution >= 4 is 11.8 Å². The number of allylic oxidation sites excluding steroid dienone is 1. The van der Waals surface area contributed by atoms with Crippen molar-refractivity contribution < 1.29 is 14.3 Å². The average molecular weight is 450 g/mol. The molecule has 2 aliphatic heterocycles. The van der Waals surface area contributed by atoms with Gasteiger partial charge in [-0.25, -0.2) is 0 Å². The number of nitrogens with one attached hydrogen (secondary N) is 1. The van der Waals surface area contributed by atoms with Crippen LogP contribution in [0.25, 0.3) is 0 Å². The molecule has 3 aliphatic carbocycles. The number of rotatable bonds is 8. The van der Waals surface area contributed by atoms with E-state index in [1.54, 1.807) is 4.90 Å². The van der Waals surface area contributed by atoms with Gasteiger partial charge < -0.3 is 15.0 Å². The molecule has 1 N–H and O–H groups in total. The molecule has 1 unspecified atom stereocenters. The lowest BCUT2D eigenvalue weighted by atomic mass is 10.0. The summed E-state index contributed by atoms with van der Waals surface area (Å²) in [5.74, 6) is 2.49. The first kappa shape index (κ1) is 21.2. The zero-order chi connectivity index (χ0) is 22.5. The Kier molecular flexibility index (Phi) is 5.44. The summed E-state index contributed by atoms with van der Waals surface area (Å²) in [6, 6.07) is 5.97. The molecule has 2 amide bonds. The lowest BCUT2D eigenvalue weighted by molar-refractivity contribution is -0.126. The van der Waals surface area contributed by atoms with Crippen LogP contribution in [-0.2, 0) is 11.3 Å². The fraction of sp³-hybridized carbons (Fsp3) is 0.630. The fourth-order valence-electron chi connectivity index (χ4n) is 5.95. The molecule has 3 atom stereocenters. The quantitative estimate of drug-likeness (QED) is 0.655. The summed E-state index contributed by atoms with van der Waals surface area (Å²) in [6.07, 6.45) is 10.7. The fourth-order valence-corrected chi connectivity index (χ4v) is 5.95. The Morgan fingerprint density at radius 3 is 2.48 bits per heavy atom. The largest absolute Gasteiger partial charge is 0.489 e. The van der Waals surface area contributed by atoms with E-state index in [0.717, 1.165) is 35.3 Å². The average Bonchev–Trinajstić information content (AvgIpc) is 3.71. The number of ether oxygens (including phenoxy) is 1. The highest BCUT2D eigenvalue weighted by Crippen LogP contribution is 2.38. The number of fused-ring (bicyclic) bond motifs is 1. The van der Waals surface area contributed by atoms with Crippen LogP contribution in [0.3, 0.4) is 0 Å². The molecule has 33 heavy (non-hydrogen) atoms. The van der Waals surface area contributed by atoms with Crippen LogP contribution < -0.4 is 10.1 Å². The summed E-state index contributed by atoms with van der Waals surface area (Å²) in [7, 11) is 0. The number of amides is 2. The first-order valence-electron chi connectivity index (χ1n) is 12.9. The maximum Gasteiger partial charge on any atom is 0.255 e. The van der Waals surface area contributed by atoms with Crippen molar-refractivity contribution in [2.75, 3.05) is 13.1 Å². The monoisotopic (exact) mass is 449 g/mol. The summed E-state index contributed by atoms with van der Waals surface area (Å²) in [4.78, 5) is 29.9. The Morgan fingerprint density at radius 2 is 1.79 bits per heavy atom. The van der Waals surface area contributed by atoms with Gasteiger partial charge in [-0.3, -0.25) is 14.5 Å². The molecule has 6 heteroatoms. The maximum absolute atomic E-state index is 13.0. The van der Waals surface area contributed by atoms with Crippen molar-refractivity contribution in [2.45, 2.75) is 82.5 Å². The van der Waals surface area contributed by atoms with E-state index in [0.29, 0.717) is 31.0 Å². The second-order valence-corrected chi connectivity index (χ2v) is 10.9. The molecule has 5 aliphatic rings. The van der Waals surface area contributed by atoms with Gasteiger partial charge in [-0.2, -0.15) is 0 Å². The van der Waals surface area contributed by atoms with E-state index < -0.39 is 6.04 Å². The van der Waals surface area contributed by atoms with Gasteiger partial charge in [0.25, 0.3) is 5.91 Å². The number of piperidine rings is 1. The summed E-state index contributed by atoms with van der Waals surface area (Å²) < 4.78 is 6.59. The molecule has 0 radical (unpaired) electrons. The lowest BCUT2D eigenvalue weighted by Crippen LogP contribution is -2.49. The van der Waals surface area contributed by atoms with Gasteiger partial charge in [0.05, 0.1) is 0 Å². The predicted molar refractivity (Wildman–Crippen MR) is 126 cm³/mol. The predicted octanol–water partition coefficient (Wildman–Crippen LogP) is 3.86. The molecule has 0 bridgehead atoms. The normalized spacial score (nSPS) is 29.5. The summed E-state index contributed by atoms with van der Waals surface area (Å²) in [5.41, 5.74) is 2.41. The van der Waals surface area contributed by atoms with E-state index in [4.69, 9.17) is 4.74 Å². The lowest BCUT2D eigenvalue weighted by Gasteiger charge is -2.33. The Balaban J connectivity index is 1.14. The van der Waals surface area contributed by atoms with Crippen LogP contribution in [0.1, 0.15) is 73.7 Å². The minimum absolute atomic E-state index is 0.0528. The molecule has 6 rings (SSSR count). The molecule has 3 saturated carbocycles. The van der Waals surface area contributed by atoms with Gasteiger partial charge in [-0.1, -0.05) is 6.58 Å². The number of carbonyl (C=O) groups excluding carboxylic acids is 2. The highest BCUT2D eigenvalue weighted by Gasteiger charge is 2.40. The van der Waals surface area contributed by atoms with E-state index in [1.807, 2.05) is 18.2 Å². The van der Waals surface area contributed by atoms with E-state index in [2.05, 4.69) is 16.8 Å².